The zero-order chi connectivity index (χ0) is 10.2. The minimum Gasteiger partial charge on any atom is -0.383 e. The Morgan fingerprint density at radius 2 is 2.14 bits per heavy atom. The molecule has 0 amide bonds. The maximum Gasteiger partial charge on any atom is 0.131 e. The molecule has 0 radical (unpaired) electrons. The van der Waals surface area contributed by atoms with E-state index in [9.17, 15) is 9.50 Å². The number of allylic oxidation sites excluding steroid dienone is 1. The Morgan fingerprint density at radius 3 is 2.93 bits per heavy atom. The zero-order valence-electron chi connectivity index (χ0n) is 8.23. The highest BCUT2D eigenvalue weighted by Crippen LogP contribution is 2.43. The van der Waals surface area contributed by atoms with Crippen LogP contribution in [0.15, 0.2) is 11.4 Å². The molecule has 2 aliphatic carbocycles. The molecule has 1 N–H and O–H groups in total. The van der Waals surface area contributed by atoms with Crippen molar-refractivity contribution >= 4 is 11.6 Å². The first-order chi connectivity index (χ1) is 6.62. The quantitative estimate of drug-likeness (QED) is 0.619. The van der Waals surface area contributed by atoms with Gasteiger partial charge in [-0.3, -0.25) is 0 Å². The Balaban J connectivity index is 2.32. The largest absolute Gasteiger partial charge is 0.383 e. The van der Waals surface area contributed by atoms with Crippen LogP contribution in [0.2, 0.25) is 0 Å². The summed E-state index contributed by atoms with van der Waals surface area (Å²) in [5.74, 6) is -0.269. The molecule has 2 rings (SSSR count). The van der Waals surface area contributed by atoms with Crippen molar-refractivity contribution in [1.29, 1.82) is 0 Å². The zero-order valence-corrected chi connectivity index (χ0v) is 8.99. The molecule has 0 saturated heterocycles. The lowest BCUT2D eigenvalue weighted by Crippen LogP contribution is -2.38. The maximum atomic E-state index is 13.9. The molecule has 0 unspecified atom stereocenters. The van der Waals surface area contributed by atoms with Crippen molar-refractivity contribution in [3.63, 3.8) is 0 Å². The van der Waals surface area contributed by atoms with Gasteiger partial charge in [-0.05, 0) is 37.7 Å². The van der Waals surface area contributed by atoms with Gasteiger partial charge in [0.15, 0.2) is 0 Å². The van der Waals surface area contributed by atoms with Crippen molar-refractivity contribution in [2.75, 3.05) is 0 Å². The van der Waals surface area contributed by atoms with Crippen LogP contribution < -0.4 is 0 Å². The van der Waals surface area contributed by atoms with Gasteiger partial charge in [-0.1, -0.05) is 12.8 Å². The van der Waals surface area contributed by atoms with Crippen LogP contribution in [0.5, 0.6) is 0 Å². The van der Waals surface area contributed by atoms with E-state index in [1.807, 2.05) is 0 Å². The highest BCUT2D eigenvalue weighted by Gasteiger charge is 2.40. The second-order valence-electron chi connectivity index (χ2n) is 4.52. The van der Waals surface area contributed by atoms with Gasteiger partial charge in [0.2, 0.25) is 0 Å². The summed E-state index contributed by atoms with van der Waals surface area (Å²) in [7, 11) is 0. The Kier molecular flexibility index (Phi) is 2.85. The molecular weight excluding hydrogens is 203 g/mol. The SMILES string of the molecule is O[C@]12CCCCCC(=C1F)C[C@@H](Cl)C2. The van der Waals surface area contributed by atoms with Gasteiger partial charge in [-0.15, -0.1) is 11.6 Å². The summed E-state index contributed by atoms with van der Waals surface area (Å²) in [6.45, 7) is 0. The number of alkyl halides is 1. The summed E-state index contributed by atoms with van der Waals surface area (Å²) in [6, 6.07) is 0. The van der Waals surface area contributed by atoms with E-state index in [4.69, 9.17) is 11.6 Å². The fraction of sp³-hybridized carbons (Fsp3) is 0.818. The molecule has 0 fully saturated rings. The standard InChI is InChI=1S/C11H16ClFO/c12-9-6-8-4-2-1-3-5-11(14,7-9)10(8)13/h9,14H,1-7H2/t9-,11+/m1/s1. The molecule has 0 saturated carbocycles. The van der Waals surface area contributed by atoms with Gasteiger partial charge in [0.1, 0.15) is 11.4 Å². The first kappa shape index (κ1) is 10.4. The Labute approximate surface area is 89.0 Å². The molecule has 0 spiro atoms. The molecule has 1 nitrogen and oxygen atoms in total. The third kappa shape index (κ3) is 1.82. The molecule has 80 valence electrons. The highest BCUT2D eigenvalue weighted by atomic mass is 35.5. The molecule has 2 bridgehead atoms. The molecule has 0 heterocycles. The normalized spacial score (nSPS) is 39.2. The number of hydrogen-bond donors (Lipinski definition) is 1. The van der Waals surface area contributed by atoms with Crippen LogP contribution in [0.4, 0.5) is 4.39 Å². The van der Waals surface area contributed by atoms with Crippen molar-refractivity contribution in [2.24, 2.45) is 0 Å². The van der Waals surface area contributed by atoms with Gasteiger partial charge in [0, 0.05) is 5.38 Å². The van der Waals surface area contributed by atoms with E-state index in [-0.39, 0.29) is 11.2 Å². The molecule has 3 heteroatoms. The summed E-state index contributed by atoms with van der Waals surface area (Å²) in [6.07, 6.45) is 5.33. The third-order valence-corrected chi connectivity index (χ3v) is 3.62. The lowest BCUT2D eigenvalue weighted by molar-refractivity contribution is 0.0237. The average molecular weight is 219 g/mol. The van der Waals surface area contributed by atoms with Crippen molar-refractivity contribution in [3.05, 3.63) is 11.4 Å². The van der Waals surface area contributed by atoms with Crippen LogP contribution in [0.1, 0.15) is 44.9 Å². The number of hydrogen-bond acceptors (Lipinski definition) is 1. The van der Waals surface area contributed by atoms with Gasteiger partial charge >= 0.3 is 0 Å². The van der Waals surface area contributed by atoms with Crippen LogP contribution in [0.25, 0.3) is 0 Å². The molecule has 0 aromatic carbocycles. The van der Waals surface area contributed by atoms with Gasteiger partial charge in [-0.25, -0.2) is 4.39 Å². The minimum atomic E-state index is -1.24. The first-order valence-electron chi connectivity index (χ1n) is 5.36. The molecule has 2 aliphatic rings. The predicted octanol–water partition coefficient (Wildman–Crippen LogP) is 3.31. The van der Waals surface area contributed by atoms with Gasteiger partial charge in [-0.2, -0.15) is 0 Å². The predicted molar refractivity (Wildman–Crippen MR) is 55.0 cm³/mol. The fourth-order valence-electron chi connectivity index (χ4n) is 2.57. The van der Waals surface area contributed by atoms with Crippen molar-refractivity contribution in [1.82, 2.24) is 0 Å². The van der Waals surface area contributed by atoms with Crippen LogP contribution in [0.3, 0.4) is 0 Å². The maximum absolute atomic E-state index is 13.9. The number of fused-ring (bicyclic) bond motifs is 1. The van der Waals surface area contributed by atoms with E-state index in [1.54, 1.807) is 0 Å². The van der Waals surface area contributed by atoms with Gasteiger partial charge < -0.3 is 5.11 Å². The number of rotatable bonds is 0. The average Bonchev–Trinajstić information content (AvgIpc) is 2.12. The van der Waals surface area contributed by atoms with E-state index in [0.29, 0.717) is 19.3 Å². The first-order valence-corrected chi connectivity index (χ1v) is 5.80. The number of halogens is 2. The van der Waals surface area contributed by atoms with E-state index in [1.165, 1.54) is 0 Å². The van der Waals surface area contributed by atoms with Crippen molar-refractivity contribution in [2.45, 2.75) is 55.9 Å². The Bertz CT molecular complexity index is 264. The van der Waals surface area contributed by atoms with E-state index >= 15 is 0 Å². The van der Waals surface area contributed by atoms with Gasteiger partial charge in [0.05, 0.1) is 0 Å². The second-order valence-corrected chi connectivity index (χ2v) is 5.13. The highest BCUT2D eigenvalue weighted by molar-refractivity contribution is 6.20. The molecule has 0 aromatic rings. The third-order valence-electron chi connectivity index (χ3n) is 3.31. The molecule has 2 atom stereocenters. The summed E-state index contributed by atoms with van der Waals surface area (Å²) in [5.41, 5.74) is -0.473. The van der Waals surface area contributed by atoms with Gasteiger partial charge in [0.25, 0.3) is 0 Å². The molecular formula is C11H16ClFO. The smallest absolute Gasteiger partial charge is 0.131 e. The Hall–Kier alpha value is -0.0800. The lowest BCUT2D eigenvalue weighted by atomic mass is 9.78. The van der Waals surface area contributed by atoms with E-state index in [2.05, 4.69) is 0 Å². The topological polar surface area (TPSA) is 20.2 Å². The minimum absolute atomic E-state index is 0.0902. The molecule has 0 aliphatic heterocycles. The molecule has 14 heavy (non-hydrogen) atoms. The van der Waals surface area contributed by atoms with Crippen molar-refractivity contribution < 1.29 is 9.50 Å². The van der Waals surface area contributed by atoms with Crippen LogP contribution >= 0.6 is 11.6 Å². The molecule has 0 aromatic heterocycles. The number of aliphatic hydroxyl groups is 1. The second kappa shape index (κ2) is 3.82. The summed E-state index contributed by atoms with van der Waals surface area (Å²) < 4.78 is 13.9. The Morgan fingerprint density at radius 1 is 1.36 bits per heavy atom. The van der Waals surface area contributed by atoms with Crippen LogP contribution in [0, 0.1) is 0 Å². The van der Waals surface area contributed by atoms with Crippen LogP contribution in [-0.4, -0.2) is 16.1 Å². The monoisotopic (exact) mass is 218 g/mol. The van der Waals surface area contributed by atoms with E-state index in [0.717, 1.165) is 31.3 Å². The lowest BCUT2D eigenvalue weighted by Gasteiger charge is -2.36. The summed E-state index contributed by atoms with van der Waals surface area (Å²) in [5, 5.41) is 10.0. The fourth-order valence-corrected chi connectivity index (χ4v) is 3.01. The summed E-state index contributed by atoms with van der Waals surface area (Å²) >= 11 is 6.04. The summed E-state index contributed by atoms with van der Waals surface area (Å²) in [4.78, 5) is 0. The van der Waals surface area contributed by atoms with Crippen molar-refractivity contribution in [3.8, 4) is 0 Å². The van der Waals surface area contributed by atoms with E-state index < -0.39 is 5.60 Å². The van der Waals surface area contributed by atoms with Crippen LogP contribution in [-0.2, 0) is 0 Å².